The fourth-order valence-electron chi connectivity index (χ4n) is 3.95. The van der Waals surface area contributed by atoms with Crippen LogP contribution < -0.4 is 16.9 Å². The monoisotopic (exact) mass is 425 g/mol. The van der Waals surface area contributed by atoms with E-state index in [9.17, 15) is 19.2 Å². The molecule has 3 heterocycles. The highest BCUT2D eigenvalue weighted by Crippen LogP contribution is 2.24. The highest BCUT2D eigenvalue weighted by Gasteiger charge is 2.24. The van der Waals surface area contributed by atoms with Crippen LogP contribution in [-0.2, 0) is 17.8 Å². The molecule has 162 valence electrons. The third-order valence-corrected chi connectivity index (χ3v) is 5.62. The Morgan fingerprint density at radius 2 is 1.84 bits per heavy atom. The summed E-state index contributed by atoms with van der Waals surface area (Å²) in [6.45, 7) is 1.45. The number of piperidine rings is 1. The van der Waals surface area contributed by atoms with Crippen molar-refractivity contribution in [3.63, 3.8) is 0 Å². The van der Waals surface area contributed by atoms with Crippen LogP contribution in [0.3, 0.4) is 0 Å². The Kier molecular flexibility index (Phi) is 6.01. The van der Waals surface area contributed by atoms with Crippen LogP contribution in [0.4, 0.5) is 4.79 Å². The van der Waals surface area contributed by atoms with Crippen molar-refractivity contribution in [2.24, 2.45) is 5.92 Å². The number of aryl methyl sites for hydroxylation is 1. The summed E-state index contributed by atoms with van der Waals surface area (Å²) in [6, 6.07) is 10.8. The second-order valence-electron chi connectivity index (χ2n) is 7.71. The number of benzene rings is 1. The standard InChI is InChI=1S/C22H23N3O6/c26-17-12-16(18-19(27)23-21(28)24-20(18)31-17)7-6-14-8-10-25(11-9-14)22(29)30-13-15-4-2-1-3-5-15/h1-5,12,14H,6-11,13H2,(H2,23,24,27,28). The summed E-state index contributed by atoms with van der Waals surface area (Å²) < 4.78 is 10.4. The molecule has 31 heavy (non-hydrogen) atoms. The molecular formula is C22H23N3O6. The first-order valence-electron chi connectivity index (χ1n) is 10.2. The summed E-state index contributed by atoms with van der Waals surface area (Å²) in [7, 11) is 0. The maximum absolute atomic E-state index is 12.3. The number of likely N-dealkylation sites (tertiary alicyclic amines) is 1. The fourth-order valence-corrected chi connectivity index (χ4v) is 3.95. The number of H-pyrrole nitrogens is 2. The average Bonchev–Trinajstić information content (AvgIpc) is 2.76. The molecule has 9 heteroatoms. The van der Waals surface area contributed by atoms with Gasteiger partial charge in [0.05, 0.1) is 0 Å². The van der Waals surface area contributed by atoms with Gasteiger partial charge in [-0.05, 0) is 42.7 Å². The van der Waals surface area contributed by atoms with Gasteiger partial charge in [0.2, 0.25) is 5.71 Å². The van der Waals surface area contributed by atoms with Gasteiger partial charge in [-0.3, -0.25) is 14.8 Å². The summed E-state index contributed by atoms with van der Waals surface area (Å²) in [5.41, 5.74) is -0.514. The van der Waals surface area contributed by atoms with Gasteiger partial charge < -0.3 is 14.1 Å². The van der Waals surface area contributed by atoms with Crippen molar-refractivity contribution in [3.05, 3.63) is 78.8 Å². The first-order chi connectivity index (χ1) is 15.0. The van der Waals surface area contributed by atoms with Gasteiger partial charge in [0.15, 0.2) is 0 Å². The number of nitrogens with one attached hydrogen (secondary N) is 2. The minimum Gasteiger partial charge on any atom is -0.445 e. The molecule has 0 bridgehead atoms. The molecule has 1 amide bonds. The average molecular weight is 425 g/mol. The Balaban J connectivity index is 1.33. The smallest absolute Gasteiger partial charge is 0.410 e. The van der Waals surface area contributed by atoms with E-state index in [1.807, 2.05) is 30.3 Å². The topological polar surface area (TPSA) is 125 Å². The first kappa shape index (κ1) is 20.6. The number of fused-ring (bicyclic) bond motifs is 1. The van der Waals surface area contributed by atoms with Gasteiger partial charge >= 0.3 is 17.4 Å². The molecule has 3 aromatic rings. The Morgan fingerprint density at radius 1 is 1.10 bits per heavy atom. The molecule has 0 radical (unpaired) electrons. The zero-order valence-electron chi connectivity index (χ0n) is 16.9. The second-order valence-corrected chi connectivity index (χ2v) is 7.71. The normalized spacial score (nSPS) is 14.6. The summed E-state index contributed by atoms with van der Waals surface area (Å²) >= 11 is 0. The quantitative estimate of drug-likeness (QED) is 0.645. The van der Waals surface area contributed by atoms with Crippen LogP contribution in [0.15, 0.2) is 55.2 Å². The molecule has 1 fully saturated rings. The fraction of sp³-hybridized carbons (Fsp3) is 0.364. The van der Waals surface area contributed by atoms with E-state index < -0.39 is 16.9 Å². The third-order valence-electron chi connectivity index (χ3n) is 5.62. The number of rotatable bonds is 5. The Bertz CT molecular complexity index is 1230. The van der Waals surface area contributed by atoms with Crippen LogP contribution in [-0.4, -0.2) is 34.1 Å². The minimum atomic E-state index is -0.718. The maximum atomic E-state index is 12.3. The van der Waals surface area contributed by atoms with E-state index in [1.165, 1.54) is 6.07 Å². The van der Waals surface area contributed by atoms with Gasteiger partial charge in [-0.15, -0.1) is 0 Å². The minimum absolute atomic E-state index is 0.104. The van der Waals surface area contributed by atoms with Crippen molar-refractivity contribution in [1.82, 2.24) is 14.9 Å². The lowest BCUT2D eigenvalue weighted by molar-refractivity contribution is 0.0815. The SMILES string of the molecule is O=C(OCc1ccccc1)N1CCC(CCc2cc(=O)oc3[nH]c(=O)[nH]c(=O)c23)CC1. The van der Waals surface area contributed by atoms with Crippen molar-refractivity contribution >= 4 is 17.2 Å². The summed E-state index contributed by atoms with van der Waals surface area (Å²) in [5.74, 6) is 0.349. The van der Waals surface area contributed by atoms with E-state index in [4.69, 9.17) is 9.15 Å². The Hall–Kier alpha value is -3.62. The van der Waals surface area contributed by atoms with Crippen molar-refractivity contribution in [1.29, 1.82) is 0 Å². The van der Waals surface area contributed by atoms with Crippen LogP contribution in [0, 0.1) is 5.92 Å². The summed E-state index contributed by atoms with van der Waals surface area (Å²) in [4.78, 5) is 53.9. The lowest BCUT2D eigenvalue weighted by Gasteiger charge is -2.31. The largest absolute Gasteiger partial charge is 0.445 e. The number of ether oxygens (including phenoxy) is 1. The summed E-state index contributed by atoms with van der Waals surface area (Å²) in [5, 5.41) is 0.195. The molecular weight excluding hydrogens is 402 g/mol. The van der Waals surface area contributed by atoms with Crippen molar-refractivity contribution < 1.29 is 13.9 Å². The lowest BCUT2D eigenvalue weighted by atomic mass is 9.90. The number of nitrogens with zero attached hydrogens (tertiary/aromatic N) is 1. The van der Waals surface area contributed by atoms with Crippen LogP contribution in [0.25, 0.3) is 11.1 Å². The zero-order valence-corrected chi connectivity index (χ0v) is 16.9. The molecule has 9 nitrogen and oxygen atoms in total. The number of aromatic amines is 2. The van der Waals surface area contributed by atoms with E-state index >= 15 is 0 Å². The number of aromatic nitrogens is 2. The molecule has 0 aliphatic carbocycles. The zero-order chi connectivity index (χ0) is 21.8. The lowest BCUT2D eigenvalue weighted by Crippen LogP contribution is -2.38. The molecule has 1 aliphatic heterocycles. The molecule has 0 unspecified atom stereocenters. The van der Waals surface area contributed by atoms with E-state index in [1.54, 1.807) is 4.90 Å². The molecule has 0 spiro atoms. The molecule has 1 saturated heterocycles. The van der Waals surface area contributed by atoms with Crippen LogP contribution in [0.2, 0.25) is 0 Å². The molecule has 2 N–H and O–H groups in total. The van der Waals surface area contributed by atoms with Crippen molar-refractivity contribution in [3.8, 4) is 0 Å². The van der Waals surface area contributed by atoms with Gasteiger partial charge in [-0.1, -0.05) is 30.3 Å². The summed E-state index contributed by atoms with van der Waals surface area (Å²) in [6.07, 6.45) is 2.56. The highest BCUT2D eigenvalue weighted by molar-refractivity contribution is 5.75. The molecule has 4 rings (SSSR count). The van der Waals surface area contributed by atoms with Gasteiger partial charge in [0.1, 0.15) is 12.0 Å². The number of hydrogen-bond acceptors (Lipinski definition) is 6. The van der Waals surface area contributed by atoms with Gasteiger partial charge in [-0.2, -0.15) is 0 Å². The van der Waals surface area contributed by atoms with Gasteiger partial charge in [0.25, 0.3) is 5.56 Å². The second kappa shape index (κ2) is 9.03. The van der Waals surface area contributed by atoms with E-state index in [-0.39, 0.29) is 23.8 Å². The number of amides is 1. The Morgan fingerprint density at radius 3 is 2.58 bits per heavy atom. The van der Waals surface area contributed by atoms with Crippen LogP contribution in [0.5, 0.6) is 0 Å². The van der Waals surface area contributed by atoms with Gasteiger partial charge in [-0.25, -0.2) is 14.4 Å². The van der Waals surface area contributed by atoms with E-state index in [0.717, 1.165) is 24.8 Å². The van der Waals surface area contributed by atoms with E-state index in [0.29, 0.717) is 31.0 Å². The highest BCUT2D eigenvalue weighted by atomic mass is 16.6. The van der Waals surface area contributed by atoms with Crippen molar-refractivity contribution in [2.75, 3.05) is 13.1 Å². The van der Waals surface area contributed by atoms with Crippen molar-refractivity contribution in [2.45, 2.75) is 32.3 Å². The van der Waals surface area contributed by atoms with Crippen LogP contribution >= 0.6 is 0 Å². The van der Waals surface area contributed by atoms with E-state index in [2.05, 4.69) is 9.97 Å². The number of carbonyl (C=O) groups excluding carboxylic acids is 1. The predicted octanol–water partition coefficient (Wildman–Crippen LogP) is 2.15. The maximum Gasteiger partial charge on any atom is 0.410 e. The third kappa shape index (κ3) is 4.93. The van der Waals surface area contributed by atoms with Crippen LogP contribution in [0.1, 0.15) is 30.4 Å². The molecule has 1 aliphatic rings. The molecule has 0 saturated carbocycles. The molecule has 0 atom stereocenters. The number of hydrogen-bond donors (Lipinski definition) is 2. The Labute approximate surface area is 176 Å². The number of carbonyl (C=O) groups is 1. The first-order valence-corrected chi connectivity index (χ1v) is 10.2. The van der Waals surface area contributed by atoms with Gasteiger partial charge in [0, 0.05) is 19.2 Å². The molecule has 1 aromatic carbocycles. The predicted molar refractivity (Wildman–Crippen MR) is 113 cm³/mol. The molecule has 2 aromatic heterocycles.